The van der Waals surface area contributed by atoms with Gasteiger partial charge in [-0.15, -0.1) is 0 Å². The molecule has 8 heteroatoms. The van der Waals surface area contributed by atoms with Crippen LogP contribution in [0.15, 0.2) is 63.7 Å². The number of nitrogens with zero attached hydrogens (tertiary/aromatic N) is 4. The van der Waals surface area contributed by atoms with E-state index >= 15 is 0 Å². The Bertz CT molecular complexity index is 1160. The van der Waals surface area contributed by atoms with Crippen LogP contribution in [0.2, 0.25) is 0 Å². The molecule has 0 aliphatic carbocycles. The second kappa shape index (κ2) is 8.71. The van der Waals surface area contributed by atoms with Crippen LogP contribution in [0.5, 0.6) is 0 Å². The highest BCUT2D eigenvalue weighted by Crippen LogP contribution is 2.21. The van der Waals surface area contributed by atoms with Crippen molar-refractivity contribution >= 4 is 27.5 Å². The zero-order valence-corrected chi connectivity index (χ0v) is 18.4. The number of anilines is 1. The van der Waals surface area contributed by atoms with Crippen molar-refractivity contribution in [3.05, 3.63) is 87.8 Å². The molecule has 0 radical (unpaired) electrons. The highest BCUT2D eigenvalue weighted by molar-refractivity contribution is 9.10. The normalized spacial score (nSPS) is 11.0. The summed E-state index contributed by atoms with van der Waals surface area (Å²) in [6.07, 6.45) is 4.33. The molecule has 1 aromatic carbocycles. The lowest BCUT2D eigenvalue weighted by molar-refractivity contribution is 0.0994. The van der Waals surface area contributed by atoms with Gasteiger partial charge in [-0.2, -0.15) is 10.2 Å². The van der Waals surface area contributed by atoms with Gasteiger partial charge in [0.1, 0.15) is 5.76 Å². The largest absolute Gasteiger partial charge is 0.454 e. The van der Waals surface area contributed by atoms with Crippen LogP contribution in [0.25, 0.3) is 0 Å². The van der Waals surface area contributed by atoms with Gasteiger partial charge in [0.2, 0.25) is 0 Å². The number of carbonyl (C=O) groups is 1. The van der Waals surface area contributed by atoms with Crippen molar-refractivity contribution in [2.24, 2.45) is 0 Å². The van der Waals surface area contributed by atoms with Gasteiger partial charge in [-0.05, 0) is 53.9 Å². The van der Waals surface area contributed by atoms with Crippen molar-refractivity contribution in [2.75, 3.05) is 5.32 Å². The number of aryl methyl sites for hydroxylation is 3. The SMILES string of the molecule is Cc1nn(Cc2ccc(C(=O)Nc3cnn(CCc4ccccc4)c3)o2)c(C)c1Br. The van der Waals surface area contributed by atoms with E-state index in [0.717, 1.165) is 28.8 Å². The first-order chi connectivity index (χ1) is 14.5. The van der Waals surface area contributed by atoms with Crippen molar-refractivity contribution < 1.29 is 9.21 Å². The summed E-state index contributed by atoms with van der Waals surface area (Å²) in [6.45, 7) is 5.12. The standard InChI is InChI=1S/C22H22BrN5O2/c1-15-21(23)16(2)28(26-15)14-19-8-9-20(30-19)22(29)25-18-12-24-27(13-18)11-10-17-6-4-3-5-7-17/h3-9,12-13H,10-11,14H2,1-2H3,(H,25,29). The summed E-state index contributed by atoms with van der Waals surface area (Å²) in [4.78, 5) is 12.5. The Kier molecular flexibility index (Phi) is 5.85. The fourth-order valence-electron chi connectivity index (χ4n) is 3.19. The van der Waals surface area contributed by atoms with Crippen molar-refractivity contribution in [1.29, 1.82) is 0 Å². The van der Waals surface area contributed by atoms with E-state index in [1.54, 1.807) is 18.3 Å². The third-order valence-corrected chi connectivity index (χ3v) is 6.00. The summed E-state index contributed by atoms with van der Waals surface area (Å²) in [7, 11) is 0. The molecule has 3 aromatic heterocycles. The molecule has 154 valence electrons. The van der Waals surface area contributed by atoms with Gasteiger partial charge in [-0.1, -0.05) is 30.3 Å². The third-order valence-electron chi connectivity index (χ3n) is 4.85. The molecule has 3 heterocycles. The molecule has 1 amide bonds. The Balaban J connectivity index is 1.35. The molecule has 0 aliphatic heterocycles. The zero-order chi connectivity index (χ0) is 21.1. The van der Waals surface area contributed by atoms with E-state index in [0.29, 0.717) is 18.0 Å². The molecule has 30 heavy (non-hydrogen) atoms. The molecule has 0 saturated heterocycles. The monoisotopic (exact) mass is 467 g/mol. The van der Waals surface area contributed by atoms with Gasteiger partial charge in [0, 0.05) is 12.7 Å². The highest BCUT2D eigenvalue weighted by atomic mass is 79.9. The van der Waals surface area contributed by atoms with Gasteiger partial charge in [0.05, 0.1) is 34.3 Å². The molecule has 0 fully saturated rings. The van der Waals surface area contributed by atoms with Crippen LogP contribution in [0, 0.1) is 13.8 Å². The van der Waals surface area contributed by atoms with E-state index in [1.165, 1.54) is 5.56 Å². The second-order valence-corrected chi connectivity index (χ2v) is 7.88. The van der Waals surface area contributed by atoms with Crippen LogP contribution in [0.3, 0.4) is 0 Å². The third kappa shape index (κ3) is 4.54. The molecule has 0 saturated carbocycles. The van der Waals surface area contributed by atoms with Crippen LogP contribution in [-0.4, -0.2) is 25.5 Å². The van der Waals surface area contributed by atoms with Crippen LogP contribution in [0.4, 0.5) is 5.69 Å². The van der Waals surface area contributed by atoms with E-state index in [4.69, 9.17) is 4.42 Å². The molecule has 0 atom stereocenters. The Morgan fingerprint density at radius 2 is 1.97 bits per heavy atom. The molecular weight excluding hydrogens is 446 g/mol. The fourth-order valence-corrected chi connectivity index (χ4v) is 3.48. The maximum absolute atomic E-state index is 12.5. The van der Waals surface area contributed by atoms with Gasteiger partial charge < -0.3 is 9.73 Å². The number of rotatable bonds is 7. The predicted octanol–water partition coefficient (Wildman–Crippen LogP) is 4.60. The summed E-state index contributed by atoms with van der Waals surface area (Å²) in [6, 6.07) is 13.7. The van der Waals surface area contributed by atoms with Crippen LogP contribution in [-0.2, 0) is 19.5 Å². The lowest BCUT2D eigenvalue weighted by Crippen LogP contribution is -2.10. The lowest BCUT2D eigenvalue weighted by Gasteiger charge is -2.03. The number of hydrogen-bond donors (Lipinski definition) is 1. The first kappa shape index (κ1) is 20.2. The number of aromatic nitrogens is 4. The van der Waals surface area contributed by atoms with E-state index < -0.39 is 0 Å². The van der Waals surface area contributed by atoms with Crippen LogP contribution < -0.4 is 5.32 Å². The van der Waals surface area contributed by atoms with Gasteiger partial charge in [-0.3, -0.25) is 14.2 Å². The van der Waals surface area contributed by atoms with E-state index in [-0.39, 0.29) is 11.7 Å². The van der Waals surface area contributed by atoms with Crippen molar-refractivity contribution in [1.82, 2.24) is 19.6 Å². The maximum Gasteiger partial charge on any atom is 0.291 e. The molecule has 4 rings (SSSR count). The molecule has 0 spiro atoms. The highest BCUT2D eigenvalue weighted by Gasteiger charge is 2.15. The molecule has 1 N–H and O–H groups in total. The lowest BCUT2D eigenvalue weighted by atomic mass is 10.1. The molecule has 0 aliphatic rings. The molecule has 7 nitrogen and oxygen atoms in total. The van der Waals surface area contributed by atoms with E-state index in [2.05, 4.69) is 43.6 Å². The molecule has 4 aromatic rings. The number of amides is 1. The summed E-state index contributed by atoms with van der Waals surface area (Å²) >= 11 is 3.52. The first-order valence-corrected chi connectivity index (χ1v) is 10.4. The minimum atomic E-state index is -0.307. The van der Waals surface area contributed by atoms with E-state index in [9.17, 15) is 4.79 Å². The van der Waals surface area contributed by atoms with Gasteiger partial charge in [0.25, 0.3) is 5.91 Å². The summed E-state index contributed by atoms with van der Waals surface area (Å²) < 4.78 is 10.4. The van der Waals surface area contributed by atoms with Gasteiger partial charge in [-0.25, -0.2) is 0 Å². The number of benzene rings is 1. The minimum absolute atomic E-state index is 0.252. The number of halogens is 1. The summed E-state index contributed by atoms with van der Waals surface area (Å²) in [5.74, 6) is 0.609. The Labute approximate surface area is 182 Å². The molecular formula is C22H22BrN5O2. The average Bonchev–Trinajstić information content (AvgIpc) is 3.45. The van der Waals surface area contributed by atoms with Crippen LogP contribution in [0.1, 0.15) is 33.3 Å². The average molecular weight is 468 g/mol. The second-order valence-electron chi connectivity index (χ2n) is 7.09. The quantitative estimate of drug-likeness (QED) is 0.430. The number of furan rings is 1. The Morgan fingerprint density at radius 3 is 2.70 bits per heavy atom. The van der Waals surface area contributed by atoms with Gasteiger partial charge >= 0.3 is 0 Å². The number of nitrogens with one attached hydrogen (secondary N) is 1. The van der Waals surface area contributed by atoms with Crippen molar-refractivity contribution in [3.8, 4) is 0 Å². The summed E-state index contributed by atoms with van der Waals surface area (Å²) in [5, 5.41) is 11.6. The van der Waals surface area contributed by atoms with Crippen molar-refractivity contribution in [2.45, 2.75) is 33.4 Å². The molecule has 0 bridgehead atoms. The zero-order valence-electron chi connectivity index (χ0n) is 16.8. The predicted molar refractivity (Wildman–Crippen MR) is 118 cm³/mol. The maximum atomic E-state index is 12.5. The minimum Gasteiger partial charge on any atom is -0.454 e. The summed E-state index contributed by atoms with van der Waals surface area (Å²) in [5.41, 5.74) is 3.81. The van der Waals surface area contributed by atoms with Crippen LogP contribution >= 0.6 is 15.9 Å². The smallest absolute Gasteiger partial charge is 0.291 e. The number of carbonyl (C=O) groups excluding carboxylic acids is 1. The molecule has 0 unspecified atom stereocenters. The topological polar surface area (TPSA) is 77.9 Å². The Hall–Kier alpha value is -3.13. The van der Waals surface area contributed by atoms with Gasteiger partial charge in [0.15, 0.2) is 5.76 Å². The Morgan fingerprint density at radius 1 is 1.17 bits per heavy atom. The van der Waals surface area contributed by atoms with Crippen molar-refractivity contribution in [3.63, 3.8) is 0 Å². The van der Waals surface area contributed by atoms with E-state index in [1.807, 2.05) is 47.6 Å². The first-order valence-electron chi connectivity index (χ1n) is 9.65. The number of hydrogen-bond acceptors (Lipinski definition) is 4. The fraction of sp³-hybridized carbons (Fsp3) is 0.227.